The fourth-order valence-electron chi connectivity index (χ4n) is 2.76. The molecule has 0 aliphatic carbocycles. The topological polar surface area (TPSA) is 41.1 Å². The molecule has 1 fully saturated rings. The van der Waals surface area contributed by atoms with Gasteiger partial charge in [-0.05, 0) is 25.7 Å². The molecule has 0 aromatic carbocycles. The summed E-state index contributed by atoms with van der Waals surface area (Å²) in [5.41, 5.74) is 0. The number of rotatable bonds is 5. The Labute approximate surface area is 126 Å². The van der Waals surface area contributed by atoms with Gasteiger partial charge in [0.1, 0.15) is 5.02 Å². The van der Waals surface area contributed by atoms with Crippen LogP contribution in [-0.2, 0) is 0 Å². The van der Waals surface area contributed by atoms with Crippen LogP contribution in [0.2, 0.25) is 5.02 Å². The van der Waals surface area contributed by atoms with E-state index in [0.717, 1.165) is 31.7 Å². The molecule has 1 aromatic heterocycles. The van der Waals surface area contributed by atoms with Crippen LogP contribution in [0.3, 0.4) is 0 Å². The maximum atomic E-state index is 6.34. The predicted octanol–water partition coefficient (Wildman–Crippen LogP) is 4.11. The lowest BCUT2D eigenvalue weighted by Crippen LogP contribution is -2.35. The van der Waals surface area contributed by atoms with Gasteiger partial charge in [-0.1, -0.05) is 38.3 Å². The Morgan fingerprint density at radius 3 is 2.95 bits per heavy atom. The monoisotopic (exact) mass is 296 g/mol. The maximum absolute atomic E-state index is 6.34. The second kappa shape index (κ2) is 7.67. The van der Waals surface area contributed by atoms with Crippen molar-refractivity contribution in [1.82, 2.24) is 9.97 Å². The third-order valence-electron chi connectivity index (χ3n) is 3.88. The van der Waals surface area contributed by atoms with Gasteiger partial charge in [-0.25, -0.2) is 4.98 Å². The molecule has 1 atom stereocenters. The highest BCUT2D eigenvalue weighted by atomic mass is 35.5. The normalized spacial score (nSPS) is 19.8. The zero-order valence-corrected chi connectivity index (χ0v) is 13.3. The molecule has 1 aromatic rings. The van der Waals surface area contributed by atoms with Gasteiger partial charge in [-0.3, -0.25) is 0 Å². The summed E-state index contributed by atoms with van der Waals surface area (Å²) in [4.78, 5) is 11.3. The lowest BCUT2D eigenvalue weighted by atomic mass is 10.1. The van der Waals surface area contributed by atoms with Gasteiger partial charge >= 0.3 is 0 Å². The van der Waals surface area contributed by atoms with E-state index in [1.165, 1.54) is 25.7 Å². The van der Waals surface area contributed by atoms with Crippen LogP contribution < -0.4 is 10.2 Å². The van der Waals surface area contributed by atoms with Crippen molar-refractivity contribution in [2.45, 2.75) is 58.4 Å². The van der Waals surface area contributed by atoms with E-state index in [2.05, 4.69) is 34.0 Å². The highest BCUT2D eigenvalue weighted by Gasteiger charge is 2.23. The first kappa shape index (κ1) is 15.4. The average Bonchev–Trinajstić information content (AvgIpc) is 2.71. The smallest absolute Gasteiger partial charge is 0.224 e. The molecule has 0 spiro atoms. The largest absolute Gasteiger partial charge is 0.354 e. The van der Waals surface area contributed by atoms with Crippen molar-refractivity contribution in [2.75, 3.05) is 23.3 Å². The van der Waals surface area contributed by atoms with Gasteiger partial charge in [0.05, 0.1) is 6.20 Å². The van der Waals surface area contributed by atoms with Gasteiger partial charge in [-0.15, -0.1) is 0 Å². The first-order valence-corrected chi connectivity index (χ1v) is 8.17. The molecule has 1 N–H and O–H groups in total. The summed E-state index contributed by atoms with van der Waals surface area (Å²) in [5, 5.41) is 3.90. The molecule has 1 aliphatic heterocycles. The van der Waals surface area contributed by atoms with E-state index in [1.807, 2.05) is 0 Å². The van der Waals surface area contributed by atoms with Gasteiger partial charge in [-0.2, -0.15) is 4.98 Å². The number of halogens is 1. The Balaban J connectivity index is 2.23. The number of anilines is 2. The van der Waals surface area contributed by atoms with Crippen LogP contribution in [0.5, 0.6) is 0 Å². The van der Waals surface area contributed by atoms with Crippen molar-refractivity contribution in [3.63, 3.8) is 0 Å². The standard InChI is InChI=1S/C15H25ClN4/c1-3-9-17-15-18-11-13(16)14(19-15)20-10-7-5-6-8-12(20)4-2/h11-12H,3-10H2,1-2H3,(H,17,18,19). The predicted molar refractivity (Wildman–Crippen MR) is 85.7 cm³/mol. The minimum Gasteiger partial charge on any atom is -0.354 e. The Bertz CT molecular complexity index is 424. The van der Waals surface area contributed by atoms with Gasteiger partial charge in [0.25, 0.3) is 0 Å². The zero-order chi connectivity index (χ0) is 14.4. The molecule has 1 saturated heterocycles. The Kier molecular flexibility index (Phi) is 5.89. The second-order valence-electron chi connectivity index (χ2n) is 5.40. The Morgan fingerprint density at radius 2 is 2.20 bits per heavy atom. The van der Waals surface area contributed by atoms with Gasteiger partial charge in [0, 0.05) is 19.1 Å². The maximum Gasteiger partial charge on any atom is 0.224 e. The molecule has 0 bridgehead atoms. The van der Waals surface area contributed by atoms with Crippen molar-refractivity contribution < 1.29 is 0 Å². The van der Waals surface area contributed by atoms with E-state index in [0.29, 0.717) is 17.0 Å². The molecule has 1 aliphatic rings. The minimum absolute atomic E-state index is 0.545. The molecule has 2 rings (SSSR count). The van der Waals surface area contributed by atoms with E-state index in [4.69, 9.17) is 11.6 Å². The highest BCUT2D eigenvalue weighted by molar-refractivity contribution is 6.32. The number of nitrogens with one attached hydrogen (secondary N) is 1. The van der Waals surface area contributed by atoms with Crippen molar-refractivity contribution in [3.05, 3.63) is 11.2 Å². The van der Waals surface area contributed by atoms with Crippen molar-refractivity contribution >= 4 is 23.4 Å². The third kappa shape index (κ3) is 3.75. The first-order chi connectivity index (χ1) is 9.76. The van der Waals surface area contributed by atoms with Crippen LogP contribution in [0.25, 0.3) is 0 Å². The number of nitrogens with zero attached hydrogens (tertiary/aromatic N) is 3. The molecule has 5 heteroatoms. The summed E-state index contributed by atoms with van der Waals surface area (Å²) in [5.74, 6) is 1.58. The van der Waals surface area contributed by atoms with Gasteiger partial charge in [0.15, 0.2) is 5.82 Å². The van der Waals surface area contributed by atoms with Crippen LogP contribution in [0.15, 0.2) is 6.20 Å². The SMILES string of the molecule is CCCNc1ncc(Cl)c(N2CCCCCC2CC)n1. The van der Waals surface area contributed by atoms with E-state index in [9.17, 15) is 0 Å². The molecular weight excluding hydrogens is 272 g/mol. The van der Waals surface area contributed by atoms with Gasteiger partial charge in [0.2, 0.25) is 5.95 Å². The lowest BCUT2D eigenvalue weighted by molar-refractivity contribution is 0.552. The molecule has 0 radical (unpaired) electrons. The van der Waals surface area contributed by atoms with Crippen LogP contribution in [0, 0.1) is 0 Å². The summed E-state index contributed by atoms with van der Waals surface area (Å²) >= 11 is 6.34. The highest BCUT2D eigenvalue weighted by Crippen LogP contribution is 2.30. The summed E-state index contributed by atoms with van der Waals surface area (Å²) in [7, 11) is 0. The summed E-state index contributed by atoms with van der Waals surface area (Å²) in [6.45, 7) is 6.31. The summed E-state index contributed by atoms with van der Waals surface area (Å²) in [6.07, 6.45) is 8.97. The molecule has 4 nitrogen and oxygen atoms in total. The molecule has 0 amide bonds. The molecule has 1 unspecified atom stereocenters. The fraction of sp³-hybridized carbons (Fsp3) is 0.733. The van der Waals surface area contributed by atoms with Crippen LogP contribution in [0.1, 0.15) is 52.4 Å². The summed E-state index contributed by atoms with van der Waals surface area (Å²) in [6, 6.07) is 0.545. The molecule has 2 heterocycles. The number of aromatic nitrogens is 2. The molecule has 20 heavy (non-hydrogen) atoms. The van der Waals surface area contributed by atoms with Crippen molar-refractivity contribution in [3.8, 4) is 0 Å². The van der Waals surface area contributed by atoms with E-state index in [1.54, 1.807) is 6.20 Å². The van der Waals surface area contributed by atoms with Crippen LogP contribution >= 0.6 is 11.6 Å². The number of hydrogen-bond donors (Lipinski definition) is 1. The van der Waals surface area contributed by atoms with Gasteiger partial charge < -0.3 is 10.2 Å². The zero-order valence-electron chi connectivity index (χ0n) is 12.5. The Morgan fingerprint density at radius 1 is 1.35 bits per heavy atom. The van der Waals surface area contributed by atoms with Crippen molar-refractivity contribution in [2.24, 2.45) is 0 Å². The average molecular weight is 297 g/mol. The quantitative estimate of drug-likeness (QED) is 0.888. The van der Waals surface area contributed by atoms with Crippen LogP contribution in [0.4, 0.5) is 11.8 Å². The number of hydrogen-bond acceptors (Lipinski definition) is 4. The Hall–Kier alpha value is -1.03. The van der Waals surface area contributed by atoms with E-state index < -0.39 is 0 Å². The minimum atomic E-state index is 0.545. The molecule has 112 valence electrons. The summed E-state index contributed by atoms with van der Waals surface area (Å²) < 4.78 is 0. The van der Waals surface area contributed by atoms with E-state index in [-0.39, 0.29) is 0 Å². The second-order valence-corrected chi connectivity index (χ2v) is 5.80. The lowest BCUT2D eigenvalue weighted by Gasteiger charge is -2.31. The first-order valence-electron chi connectivity index (χ1n) is 7.79. The molecular formula is C15H25ClN4. The fourth-order valence-corrected chi connectivity index (χ4v) is 2.96. The molecule has 0 saturated carbocycles. The van der Waals surface area contributed by atoms with Crippen molar-refractivity contribution in [1.29, 1.82) is 0 Å². The van der Waals surface area contributed by atoms with Crippen LogP contribution in [-0.4, -0.2) is 29.1 Å². The van der Waals surface area contributed by atoms with E-state index >= 15 is 0 Å². The third-order valence-corrected chi connectivity index (χ3v) is 4.15.